The number of allylic oxidation sites excluding steroid dienone is 2. The van der Waals surface area contributed by atoms with Crippen LogP contribution < -0.4 is 18.9 Å². The monoisotopic (exact) mass is 593 g/mol. The van der Waals surface area contributed by atoms with Crippen LogP contribution >= 0.6 is 23.1 Å². The molecule has 3 aromatic rings. The van der Waals surface area contributed by atoms with Gasteiger partial charge in [-0.1, -0.05) is 47.4 Å². The van der Waals surface area contributed by atoms with Crippen LogP contribution in [-0.4, -0.2) is 47.7 Å². The van der Waals surface area contributed by atoms with Crippen LogP contribution in [0.15, 0.2) is 70.1 Å². The second-order valence-corrected chi connectivity index (χ2v) is 14.2. The van der Waals surface area contributed by atoms with Crippen molar-refractivity contribution in [2.45, 2.75) is 18.4 Å². The van der Waals surface area contributed by atoms with E-state index in [-0.39, 0.29) is 13.1 Å². The topological polar surface area (TPSA) is 134 Å². The van der Waals surface area contributed by atoms with E-state index < -0.39 is 31.9 Å². The molecule has 2 amide bonds. The molecule has 2 heterocycles. The van der Waals surface area contributed by atoms with E-state index in [4.69, 9.17) is 0 Å². The Hall–Kier alpha value is -3.20. The fourth-order valence-corrected chi connectivity index (χ4v) is 7.14. The summed E-state index contributed by atoms with van der Waals surface area (Å²) in [5.74, 6) is -1.31. The van der Waals surface area contributed by atoms with E-state index in [0.717, 1.165) is 48.9 Å². The molecule has 4 rings (SSSR count). The van der Waals surface area contributed by atoms with Crippen molar-refractivity contribution in [1.29, 1.82) is 0 Å². The lowest BCUT2D eigenvalue weighted by Crippen LogP contribution is -2.45. The number of hydrogen-bond donors (Lipinski definition) is 2. The van der Waals surface area contributed by atoms with Crippen LogP contribution in [0.3, 0.4) is 0 Å². The van der Waals surface area contributed by atoms with Crippen LogP contribution in [0, 0.1) is 0 Å². The molecule has 0 fully saturated rings. The molecule has 1 aliphatic rings. The minimum atomic E-state index is -3.70. The van der Waals surface area contributed by atoms with Crippen LogP contribution in [0.1, 0.15) is 11.9 Å². The molecular formula is C24H25N4O6S4+. The van der Waals surface area contributed by atoms with Gasteiger partial charge in [0.2, 0.25) is 32.1 Å². The summed E-state index contributed by atoms with van der Waals surface area (Å²) in [5, 5.41) is 1.46. The van der Waals surface area contributed by atoms with Crippen LogP contribution in [0.2, 0.25) is 0 Å². The fraction of sp³-hybridized carbons (Fsp3) is 0.208. The van der Waals surface area contributed by atoms with Gasteiger partial charge in [0.15, 0.2) is 0 Å². The highest BCUT2D eigenvalue weighted by Gasteiger charge is 2.28. The molecule has 2 N–H and O–H groups in total. The maximum atomic E-state index is 12.4. The number of benzene rings is 2. The van der Waals surface area contributed by atoms with Gasteiger partial charge < -0.3 is 4.90 Å². The molecule has 10 nitrogen and oxygen atoms in total. The number of amides is 2. The van der Waals surface area contributed by atoms with Crippen LogP contribution in [0.4, 0.5) is 5.69 Å². The molecular weight excluding hydrogens is 569 g/mol. The van der Waals surface area contributed by atoms with Gasteiger partial charge in [-0.2, -0.15) is 4.57 Å². The van der Waals surface area contributed by atoms with E-state index in [9.17, 15) is 26.4 Å². The lowest BCUT2D eigenvalue weighted by atomic mass is 10.2. The van der Waals surface area contributed by atoms with Gasteiger partial charge >= 0.3 is 0 Å². The Morgan fingerprint density at radius 2 is 1.58 bits per heavy atom. The highest BCUT2D eigenvalue weighted by Crippen LogP contribution is 2.46. The first-order valence-electron chi connectivity index (χ1n) is 11.2. The van der Waals surface area contributed by atoms with Crippen molar-refractivity contribution in [2.24, 2.45) is 0 Å². The first-order chi connectivity index (χ1) is 17.8. The summed E-state index contributed by atoms with van der Waals surface area (Å²) < 4.78 is 52.8. The number of nitrogens with zero attached hydrogens (tertiary/aromatic N) is 2. The average Bonchev–Trinajstić information content (AvgIpc) is 3.29. The Morgan fingerprint density at radius 1 is 0.947 bits per heavy atom. The number of nitrogens with one attached hydrogen (secondary N) is 2. The number of anilines is 1. The van der Waals surface area contributed by atoms with E-state index in [2.05, 4.69) is 0 Å². The maximum Gasteiger partial charge on any atom is 0.299 e. The number of carbonyl (C=O) groups is 2. The molecule has 0 saturated heterocycles. The number of para-hydroxylation sites is 2. The van der Waals surface area contributed by atoms with Crippen LogP contribution in [-0.2, 0) is 36.2 Å². The zero-order chi connectivity index (χ0) is 27.7. The number of carbonyl (C=O) groups excluding carboxylic acids is 2. The maximum absolute atomic E-state index is 12.4. The SMILES string of the molecule is CC(=C/c1sc2ccccc2[n+]1CC(=O)NS(C)(=O)=O)/C=C1/Sc2ccccc2N1CC(=O)NS(C)(=O)=O. The number of thioether (sulfide) groups is 1. The lowest BCUT2D eigenvalue weighted by Gasteiger charge is -2.19. The van der Waals surface area contributed by atoms with Crippen molar-refractivity contribution in [3.63, 3.8) is 0 Å². The molecule has 0 unspecified atom stereocenters. The van der Waals surface area contributed by atoms with Crippen molar-refractivity contribution in [3.05, 3.63) is 70.2 Å². The Kier molecular flexibility index (Phi) is 7.97. The van der Waals surface area contributed by atoms with Crippen molar-refractivity contribution in [2.75, 3.05) is 24.0 Å². The summed E-state index contributed by atoms with van der Waals surface area (Å²) in [7, 11) is -7.40. The summed E-state index contributed by atoms with van der Waals surface area (Å²) in [6.07, 6.45) is 5.61. The molecule has 1 aliphatic heterocycles. The first kappa shape index (κ1) is 27.8. The van der Waals surface area contributed by atoms with Crippen molar-refractivity contribution < 1.29 is 31.0 Å². The molecule has 0 aliphatic carbocycles. The van der Waals surface area contributed by atoms with Gasteiger partial charge in [0, 0.05) is 17.0 Å². The highest BCUT2D eigenvalue weighted by atomic mass is 32.2. The predicted molar refractivity (Wildman–Crippen MR) is 149 cm³/mol. The Labute approximate surface area is 229 Å². The van der Waals surface area contributed by atoms with Gasteiger partial charge in [-0.25, -0.2) is 21.6 Å². The zero-order valence-electron chi connectivity index (χ0n) is 20.7. The summed E-state index contributed by atoms with van der Waals surface area (Å²) in [6, 6.07) is 15.0. The van der Waals surface area contributed by atoms with Gasteiger partial charge in [-0.15, -0.1) is 0 Å². The Bertz CT molecular complexity index is 1710. The summed E-state index contributed by atoms with van der Waals surface area (Å²) in [6.45, 7) is 1.49. The summed E-state index contributed by atoms with van der Waals surface area (Å²) in [5.41, 5.74) is 2.38. The minimum absolute atomic E-state index is 0.190. The molecule has 0 saturated carbocycles. The molecule has 0 atom stereocenters. The molecule has 38 heavy (non-hydrogen) atoms. The average molecular weight is 594 g/mol. The largest absolute Gasteiger partial charge is 0.325 e. The third-order valence-corrected chi connectivity index (χ3v) is 8.60. The van der Waals surface area contributed by atoms with E-state index in [1.807, 2.05) is 77.1 Å². The summed E-state index contributed by atoms with van der Waals surface area (Å²) in [4.78, 5) is 27.5. The molecule has 1 aromatic heterocycles. The predicted octanol–water partition coefficient (Wildman–Crippen LogP) is 2.20. The van der Waals surface area contributed by atoms with E-state index in [1.165, 1.54) is 23.1 Å². The van der Waals surface area contributed by atoms with Crippen molar-refractivity contribution in [1.82, 2.24) is 9.44 Å². The quantitative estimate of drug-likeness (QED) is 0.380. The molecule has 2 aromatic carbocycles. The first-order valence-corrected chi connectivity index (χ1v) is 16.6. The second kappa shape index (κ2) is 10.9. The van der Waals surface area contributed by atoms with Crippen LogP contribution in [0.25, 0.3) is 16.3 Å². The fourth-order valence-electron chi connectivity index (χ4n) is 3.84. The minimum Gasteiger partial charge on any atom is -0.325 e. The number of aromatic nitrogens is 1. The molecule has 0 spiro atoms. The lowest BCUT2D eigenvalue weighted by molar-refractivity contribution is -0.655. The smallest absolute Gasteiger partial charge is 0.299 e. The Morgan fingerprint density at radius 3 is 2.29 bits per heavy atom. The molecule has 0 bridgehead atoms. The number of fused-ring (bicyclic) bond motifs is 2. The van der Waals surface area contributed by atoms with Gasteiger partial charge in [0.25, 0.3) is 16.8 Å². The number of hydrogen-bond acceptors (Lipinski definition) is 9. The molecule has 14 heteroatoms. The number of rotatable bonds is 8. The third kappa shape index (κ3) is 7.01. The van der Waals surface area contributed by atoms with Crippen molar-refractivity contribution in [3.8, 4) is 0 Å². The number of thiazole rings is 1. The Balaban J connectivity index is 1.69. The third-order valence-electron chi connectivity index (χ3n) is 5.18. The van der Waals surface area contributed by atoms with Gasteiger partial charge in [0.05, 0.1) is 23.2 Å². The van der Waals surface area contributed by atoms with E-state index >= 15 is 0 Å². The van der Waals surface area contributed by atoms with E-state index in [0.29, 0.717) is 0 Å². The molecule has 0 radical (unpaired) electrons. The normalized spacial score (nSPS) is 15.1. The van der Waals surface area contributed by atoms with Gasteiger partial charge in [0.1, 0.15) is 11.2 Å². The highest BCUT2D eigenvalue weighted by molar-refractivity contribution is 8.03. The van der Waals surface area contributed by atoms with E-state index in [1.54, 1.807) is 9.47 Å². The van der Waals surface area contributed by atoms with Crippen molar-refractivity contribution >= 4 is 76.9 Å². The second-order valence-electron chi connectivity index (χ2n) is 8.62. The van der Waals surface area contributed by atoms with Gasteiger partial charge in [-0.3, -0.25) is 14.3 Å². The summed E-state index contributed by atoms with van der Waals surface area (Å²) >= 11 is 2.90. The standard InChI is InChI=1S/C24H24N4O6S4/c1-16(12-23-27(14-21(29)25-37(2,31)32)17-8-4-6-10-19(17)35-23)13-24-28(15-22(30)26-38(3,33)34)18-9-5-7-11-20(18)36-24/h4-13H,14-15H2,1-3H3,(H-,25,26,29,30)/p+1. The van der Waals surface area contributed by atoms with Gasteiger partial charge in [-0.05, 0) is 36.8 Å². The zero-order valence-corrected chi connectivity index (χ0v) is 23.9. The van der Waals surface area contributed by atoms with Crippen LogP contribution in [0.5, 0.6) is 0 Å². The number of sulfonamides is 2. The molecule has 200 valence electrons.